The lowest BCUT2D eigenvalue weighted by Crippen LogP contribution is -2.62. The Balaban J connectivity index is 1.83. The molecule has 0 aromatic carbocycles. The van der Waals surface area contributed by atoms with E-state index in [2.05, 4.69) is 37.9 Å². The summed E-state index contributed by atoms with van der Waals surface area (Å²) in [6.45, 7) is 14.0. The van der Waals surface area contributed by atoms with Crippen molar-refractivity contribution in [3.63, 3.8) is 0 Å². The molecule has 2 aliphatic heterocycles. The molecule has 1 N–H and O–H groups in total. The van der Waals surface area contributed by atoms with Gasteiger partial charge < -0.3 is 10.1 Å². The highest BCUT2D eigenvalue weighted by molar-refractivity contribution is 4.94. The molecule has 3 nitrogen and oxygen atoms in total. The topological polar surface area (TPSA) is 24.5 Å². The van der Waals surface area contributed by atoms with E-state index < -0.39 is 0 Å². The molecule has 3 unspecified atom stereocenters. The van der Waals surface area contributed by atoms with Crippen molar-refractivity contribution < 1.29 is 4.74 Å². The maximum absolute atomic E-state index is 5.76. The third kappa shape index (κ3) is 5.22. The molecule has 3 atom stereocenters. The standard InChI is InChI=1S/C18H36N2O/c1-5-18(4)14-20(16(13-19-18)12-15(2)3)10-6-8-17-9-7-11-21-17/h15-17,19H,5-14H2,1-4H3. The zero-order valence-corrected chi connectivity index (χ0v) is 14.7. The first-order valence-electron chi connectivity index (χ1n) is 9.13. The van der Waals surface area contributed by atoms with Crippen LogP contribution in [0, 0.1) is 5.92 Å². The van der Waals surface area contributed by atoms with Gasteiger partial charge in [0.05, 0.1) is 6.10 Å². The molecular formula is C18H36N2O. The number of rotatable bonds is 7. The van der Waals surface area contributed by atoms with Gasteiger partial charge in [-0.1, -0.05) is 20.8 Å². The molecule has 2 heterocycles. The van der Waals surface area contributed by atoms with Gasteiger partial charge in [-0.15, -0.1) is 0 Å². The first-order valence-corrected chi connectivity index (χ1v) is 9.13. The zero-order valence-electron chi connectivity index (χ0n) is 14.7. The van der Waals surface area contributed by atoms with Gasteiger partial charge in [0.2, 0.25) is 0 Å². The fourth-order valence-corrected chi connectivity index (χ4v) is 3.80. The summed E-state index contributed by atoms with van der Waals surface area (Å²) in [4.78, 5) is 2.76. The summed E-state index contributed by atoms with van der Waals surface area (Å²) in [5, 5.41) is 3.80. The maximum Gasteiger partial charge on any atom is 0.0576 e. The number of hydrogen-bond donors (Lipinski definition) is 1. The van der Waals surface area contributed by atoms with Crippen molar-refractivity contribution in [1.29, 1.82) is 0 Å². The van der Waals surface area contributed by atoms with E-state index in [0.717, 1.165) is 19.1 Å². The van der Waals surface area contributed by atoms with Crippen molar-refractivity contribution in [2.24, 2.45) is 5.92 Å². The Morgan fingerprint density at radius 1 is 1.38 bits per heavy atom. The highest BCUT2D eigenvalue weighted by atomic mass is 16.5. The summed E-state index contributed by atoms with van der Waals surface area (Å²) in [6.07, 6.45) is 8.16. The van der Waals surface area contributed by atoms with Crippen molar-refractivity contribution in [3.8, 4) is 0 Å². The van der Waals surface area contributed by atoms with Crippen LogP contribution in [0.25, 0.3) is 0 Å². The van der Waals surface area contributed by atoms with Crippen LogP contribution in [0.15, 0.2) is 0 Å². The Hall–Kier alpha value is -0.120. The number of ether oxygens (including phenoxy) is 1. The Morgan fingerprint density at radius 3 is 2.81 bits per heavy atom. The lowest BCUT2D eigenvalue weighted by atomic mass is 9.90. The van der Waals surface area contributed by atoms with Gasteiger partial charge in [0.25, 0.3) is 0 Å². The highest BCUT2D eigenvalue weighted by Crippen LogP contribution is 2.24. The quantitative estimate of drug-likeness (QED) is 0.779. The SMILES string of the molecule is CCC1(C)CN(CCCC2CCCO2)C(CC(C)C)CN1. The minimum absolute atomic E-state index is 0.303. The predicted molar refractivity (Wildman–Crippen MR) is 89.7 cm³/mol. The second-order valence-electron chi connectivity index (χ2n) is 7.83. The van der Waals surface area contributed by atoms with E-state index in [9.17, 15) is 0 Å². The Morgan fingerprint density at radius 2 is 2.19 bits per heavy atom. The maximum atomic E-state index is 5.76. The lowest BCUT2D eigenvalue weighted by Gasteiger charge is -2.46. The van der Waals surface area contributed by atoms with Gasteiger partial charge in [0.1, 0.15) is 0 Å². The minimum Gasteiger partial charge on any atom is -0.378 e. The molecular weight excluding hydrogens is 260 g/mol. The molecule has 21 heavy (non-hydrogen) atoms. The van der Waals surface area contributed by atoms with Crippen molar-refractivity contribution in [1.82, 2.24) is 10.2 Å². The predicted octanol–water partition coefficient (Wildman–Crippen LogP) is 3.43. The number of nitrogens with one attached hydrogen (secondary N) is 1. The van der Waals surface area contributed by atoms with Crippen LogP contribution in [0.2, 0.25) is 0 Å². The molecule has 0 aromatic rings. The van der Waals surface area contributed by atoms with E-state index in [1.807, 2.05) is 0 Å². The molecule has 3 heteroatoms. The second-order valence-corrected chi connectivity index (χ2v) is 7.83. The summed E-state index contributed by atoms with van der Waals surface area (Å²) >= 11 is 0. The first kappa shape index (κ1) is 17.2. The molecule has 0 bridgehead atoms. The molecule has 0 aliphatic carbocycles. The second kappa shape index (κ2) is 7.94. The van der Waals surface area contributed by atoms with E-state index in [1.165, 1.54) is 51.6 Å². The number of hydrogen-bond acceptors (Lipinski definition) is 3. The van der Waals surface area contributed by atoms with Crippen molar-refractivity contribution in [3.05, 3.63) is 0 Å². The third-order valence-electron chi connectivity index (χ3n) is 5.35. The van der Waals surface area contributed by atoms with E-state index in [4.69, 9.17) is 4.74 Å². The summed E-state index contributed by atoms with van der Waals surface area (Å²) in [5.74, 6) is 0.781. The van der Waals surface area contributed by atoms with Gasteiger partial charge in [-0.25, -0.2) is 0 Å². The van der Waals surface area contributed by atoms with Gasteiger partial charge in [-0.2, -0.15) is 0 Å². The van der Waals surface area contributed by atoms with Crippen LogP contribution >= 0.6 is 0 Å². The molecule has 2 rings (SSSR count). The Bertz CT molecular complexity index is 302. The van der Waals surface area contributed by atoms with Gasteiger partial charge in [0.15, 0.2) is 0 Å². The fourth-order valence-electron chi connectivity index (χ4n) is 3.80. The summed E-state index contributed by atoms with van der Waals surface area (Å²) < 4.78 is 5.76. The van der Waals surface area contributed by atoms with Crippen LogP contribution in [-0.4, -0.2) is 48.8 Å². The Kier molecular flexibility index (Phi) is 6.51. The van der Waals surface area contributed by atoms with Gasteiger partial charge in [-0.05, 0) is 57.9 Å². The van der Waals surface area contributed by atoms with Gasteiger partial charge >= 0.3 is 0 Å². The largest absolute Gasteiger partial charge is 0.378 e. The number of nitrogens with zero attached hydrogens (tertiary/aromatic N) is 1. The van der Waals surface area contributed by atoms with Crippen LogP contribution in [0.3, 0.4) is 0 Å². The number of piperazine rings is 1. The third-order valence-corrected chi connectivity index (χ3v) is 5.35. The Labute approximate surface area is 131 Å². The van der Waals surface area contributed by atoms with Crippen LogP contribution in [-0.2, 0) is 4.74 Å². The van der Waals surface area contributed by atoms with E-state index in [1.54, 1.807) is 0 Å². The smallest absolute Gasteiger partial charge is 0.0576 e. The van der Waals surface area contributed by atoms with E-state index in [0.29, 0.717) is 17.7 Å². The molecule has 124 valence electrons. The van der Waals surface area contributed by atoms with Crippen LogP contribution in [0.1, 0.15) is 66.2 Å². The molecule has 0 saturated carbocycles. The van der Waals surface area contributed by atoms with E-state index in [-0.39, 0.29) is 0 Å². The molecule has 2 saturated heterocycles. The molecule has 2 aliphatic rings. The molecule has 2 fully saturated rings. The monoisotopic (exact) mass is 296 g/mol. The average molecular weight is 296 g/mol. The lowest BCUT2D eigenvalue weighted by molar-refractivity contribution is 0.0610. The van der Waals surface area contributed by atoms with Gasteiger partial charge in [-0.3, -0.25) is 4.90 Å². The minimum atomic E-state index is 0.303. The molecule has 0 radical (unpaired) electrons. The highest BCUT2D eigenvalue weighted by Gasteiger charge is 2.34. The average Bonchev–Trinajstić information content (AvgIpc) is 2.95. The molecule has 0 spiro atoms. The van der Waals surface area contributed by atoms with Crippen LogP contribution in [0.4, 0.5) is 0 Å². The van der Waals surface area contributed by atoms with Crippen LogP contribution in [0.5, 0.6) is 0 Å². The van der Waals surface area contributed by atoms with Crippen molar-refractivity contribution >= 4 is 0 Å². The summed E-state index contributed by atoms with van der Waals surface area (Å²) in [7, 11) is 0. The summed E-state index contributed by atoms with van der Waals surface area (Å²) in [5.41, 5.74) is 0.303. The molecule has 0 aromatic heterocycles. The van der Waals surface area contributed by atoms with Crippen molar-refractivity contribution in [2.45, 2.75) is 83.9 Å². The van der Waals surface area contributed by atoms with Crippen LogP contribution < -0.4 is 5.32 Å². The normalized spacial score (nSPS) is 34.7. The summed E-state index contributed by atoms with van der Waals surface area (Å²) in [6, 6.07) is 0.717. The zero-order chi connectivity index (χ0) is 15.3. The fraction of sp³-hybridized carbons (Fsp3) is 1.00. The van der Waals surface area contributed by atoms with E-state index >= 15 is 0 Å². The first-order chi connectivity index (χ1) is 10.0. The molecule has 0 amide bonds. The van der Waals surface area contributed by atoms with Gasteiger partial charge in [0, 0.05) is 31.3 Å². The van der Waals surface area contributed by atoms with Crippen molar-refractivity contribution in [2.75, 3.05) is 26.2 Å².